The van der Waals surface area contributed by atoms with Gasteiger partial charge in [0.15, 0.2) is 0 Å². The van der Waals surface area contributed by atoms with Crippen molar-refractivity contribution >= 4 is 5.91 Å². The third-order valence-electron chi connectivity index (χ3n) is 4.89. The van der Waals surface area contributed by atoms with E-state index in [4.69, 9.17) is 5.11 Å². The van der Waals surface area contributed by atoms with Crippen LogP contribution in [-0.4, -0.2) is 97.8 Å². The summed E-state index contributed by atoms with van der Waals surface area (Å²) in [6.07, 6.45) is 2.34. The lowest BCUT2D eigenvalue weighted by Crippen LogP contribution is -2.50. The van der Waals surface area contributed by atoms with Crippen LogP contribution in [0.15, 0.2) is 0 Å². The minimum absolute atomic E-state index is 0.157. The molecule has 0 bridgehead atoms. The van der Waals surface area contributed by atoms with Gasteiger partial charge >= 0.3 is 0 Å². The Bertz CT molecular complexity index is 330. The molecule has 1 amide bonds. The van der Waals surface area contributed by atoms with Gasteiger partial charge in [-0.3, -0.25) is 9.69 Å². The van der Waals surface area contributed by atoms with E-state index in [9.17, 15) is 4.79 Å². The fraction of sp³-hybridized carbons (Fsp3) is 0.938. The molecule has 2 heterocycles. The molecule has 0 aliphatic carbocycles. The molecule has 1 unspecified atom stereocenters. The Morgan fingerprint density at radius 3 is 2.55 bits per heavy atom. The molecule has 2 aliphatic heterocycles. The van der Waals surface area contributed by atoms with Gasteiger partial charge in [-0.1, -0.05) is 6.92 Å². The molecule has 0 aromatic carbocycles. The first-order chi connectivity index (χ1) is 10.7. The number of amides is 1. The van der Waals surface area contributed by atoms with Gasteiger partial charge in [0.05, 0.1) is 13.2 Å². The Hall–Kier alpha value is -0.690. The van der Waals surface area contributed by atoms with Crippen molar-refractivity contribution in [1.82, 2.24) is 20.0 Å². The third-order valence-corrected chi connectivity index (χ3v) is 4.89. The van der Waals surface area contributed by atoms with Gasteiger partial charge in [0.2, 0.25) is 5.91 Å². The smallest absolute Gasteiger partial charge is 0.234 e. The van der Waals surface area contributed by atoms with Crippen molar-refractivity contribution in [2.75, 3.05) is 72.1 Å². The molecule has 2 saturated heterocycles. The first-order valence-electron chi connectivity index (χ1n) is 8.76. The van der Waals surface area contributed by atoms with Gasteiger partial charge in [0, 0.05) is 45.8 Å². The van der Waals surface area contributed by atoms with Crippen molar-refractivity contribution in [2.45, 2.75) is 19.8 Å². The number of nitrogens with zero attached hydrogens (tertiary/aromatic N) is 3. The highest BCUT2D eigenvalue weighted by molar-refractivity contribution is 5.78. The van der Waals surface area contributed by atoms with Crippen molar-refractivity contribution < 1.29 is 9.90 Å². The standard InChI is InChI=1S/C16H32N4O2/c1-2-18-6-8-20(9-7-18)14-16(22)17-12-15-4-3-5-19(13-15)10-11-21/h15,21H,2-14H2,1H3,(H,17,22). The van der Waals surface area contributed by atoms with E-state index in [1.54, 1.807) is 0 Å². The Labute approximate surface area is 134 Å². The summed E-state index contributed by atoms with van der Waals surface area (Å²) >= 11 is 0. The molecule has 128 valence electrons. The zero-order valence-corrected chi connectivity index (χ0v) is 14.0. The molecule has 0 radical (unpaired) electrons. The summed E-state index contributed by atoms with van der Waals surface area (Å²) in [5, 5.41) is 12.1. The lowest BCUT2D eigenvalue weighted by Gasteiger charge is -2.34. The maximum Gasteiger partial charge on any atom is 0.234 e. The zero-order valence-electron chi connectivity index (χ0n) is 14.0. The number of β-amino-alcohol motifs (C(OH)–C–C–N with tert-alkyl or cyclic N) is 1. The van der Waals surface area contributed by atoms with E-state index in [1.807, 2.05) is 0 Å². The molecule has 6 nitrogen and oxygen atoms in total. The van der Waals surface area contributed by atoms with E-state index in [1.165, 1.54) is 12.8 Å². The molecule has 0 aromatic rings. The summed E-state index contributed by atoms with van der Waals surface area (Å²) in [7, 11) is 0. The van der Waals surface area contributed by atoms with Crippen LogP contribution in [0.4, 0.5) is 0 Å². The van der Waals surface area contributed by atoms with Gasteiger partial charge in [0.1, 0.15) is 0 Å². The number of hydrogen-bond acceptors (Lipinski definition) is 5. The Morgan fingerprint density at radius 2 is 1.86 bits per heavy atom. The molecule has 6 heteroatoms. The fourth-order valence-corrected chi connectivity index (χ4v) is 3.44. The van der Waals surface area contributed by atoms with Crippen molar-refractivity contribution in [3.8, 4) is 0 Å². The third kappa shape index (κ3) is 5.83. The molecule has 0 aromatic heterocycles. The highest BCUT2D eigenvalue weighted by Gasteiger charge is 2.21. The molecule has 1 atom stereocenters. The van der Waals surface area contributed by atoms with E-state index in [0.29, 0.717) is 12.5 Å². The average Bonchev–Trinajstić information content (AvgIpc) is 2.54. The van der Waals surface area contributed by atoms with Gasteiger partial charge in [-0.2, -0.15) is 0 Å². The number of carbonyl (C=O) groups excluding carboxylic acids is 1. The van der Waals surface area contributed by atoms with Crippen LogP contribution < -0.4 is 5.32 Å². The minimum Gasteiger partial charge on any atom is -0.395 e. The number of carbonyl (C=O) groups is 1. The van der Waals surface area contributed by atoms with E-state index >= 15 is 0 Å². The number of rotatable bonds is 7. The fourth-order valence-electron chi connectivity index (χ4n) is 3.44. The number of likely N-dealkylation sites (N-methyl/N-ethyl adjacent to an activating group) is 1. The average molecular weight is 312 g/mol. The van der Waals surface area contributed by atoms with Gasteiger partial charge in [0.25, 0.3) is 0 Å². The topological polar surface area (TPSA) is 59.0 Å². The molecular formula is C16H32N4O2. The summed E-state index contributed by atoms with van der Waals surface area (Å²) in [4.78, 5) is 19.1. The first kappa shape index (κ1) is 17.7. The Balaban J connectivity index is 1.61. The largest absolute Gasteiger partial charge is 0.395 e. The molecule has 2 aliphatic rings. The maximum absolute atomic E-state index is 12.1. The monoisotopic (exact) mass is 312 g/mol. The van der Waals surface area contributed by atoms with Crippen LogP contribution in [0.3, 0.4) is 0 Å². The van der Waals surface area contributed by atoms with Gasteiger partial charge in [-0.25, -0.2) is 0 Å². The van der Waals surface area contributed by atoms with E-state index < -0.39 is 0 Å². The van der Waals surface area contributed by atoms with Crippen LogP contribution in [0.5, 0.6) is 0 Å². The van der Waals surface area contributed by atoms with Gasteiger partial charge in [-0.05, 0) is 31.8 Å². The van der Waals surface area contributed by atoms with Crippen molar-refractivity contribution in [3.05, 3.63) is 0 Å². The Kier molecular flexibility index (Phi) is 7.59. The minimum atomic E-state index is 0.157. The number of piperidine rings is 1. The van der Waals surface area contributed by atoms with Crippen LogP contribution in [0, 0.1) is 5.92 Å². The van der Waals surface area contributed by atoms with Crippen LogP contribution >= 0.6 is 0 Å². The summed E-state index contributed by atoms with van der Waals surface area (Å²) in [5.74, 6) is 0.686. The number of nitrogens with one attached hydrogen (secondary N) is 1. The number of likely N-dealkylation sites (tertiary alicyclic amines) is 1. The lowest BCUT2D eigenvalue weighted by molar-refractivity contribution is -0.122. The van der Waals surface area contributed by atoms with Crippen LogP contribution in [-0.2, 0) is 4.79 Å². The normalized spacial score (nSPS) is 25.3. The maximum atomic E-state index is 12.1. The number of aliphatic hydroxyl groups excluding tert-OH is 1. The van der Waals surface area contributed by atoms with Crippen LogP contribution in [0.2, 0.25) is 0 Å². The van der Waals surface area contributed by atoms with Crippen molar-refractivity contribution in [1.29, 1.82) is 0 Å². The van der Waals surface area contributed by atoms with E-state index in [0.717, 1.165) is 58.9 Å². The first-order valence-corrected chi connectivity index (χ1v) is 8.76. The second kappa shape index (κ2) is 9.45. The molecule has 2 rings (SSSR count). The lowest BCUT2D eigenvalue weighted by atomic mass is 9.98. The van der Waals surface area contributed by atoms with Crippen LogP contribution in [0.1, 0.15) is 19.8 Å². The van der Waals surface area contributed by atoms with Gasteiger partial charge in [-0.15, -0.1) is 0 Å². The second-order valence-electron chi connectivity index (χ2n) is 6.55. The number of hydrogen-bond donors (Lipinski definition) is 2. The second-order valence-corrected chi connectivity index (χ2v) is 6.55. The predicted octanol–water partition coefficient (Wildman–Crippen LogP) is -0.556. The molecular weight excluding hydrogens is 280 g/mol. The SMILES string of the molecule is CCN1CCN(CC(=O)NCC2CCCN(CCO)C2)CC1. The Morgan fingerprint density at radius 1 is 1.14 bits per heavy atom. The van der Waals surface area contributed by atoms with Crippen molar-refractivity contribution in [3.63, 3.8) is 0 Å². The molecule has 0 saturated carbocycles. The summed E-state index contributed by atoms with van der Waals surface area (Å²) < 4.78 is 0. The molecule has 2 N–H and O–H groups in total. The quantitative estimate of drug-likeness (QED) is 0.660. The van der Waals surface area contributed by atoms with Gasteiger partial charge < -0.3 is 20.2 Å². The molecule has 0 spiro atoms. The van der Waals surface area contributed by atoms with Crippen molar-refractivity contribution in [2.24, 2.45) is 5.92 Å². The van der Waals surface area contributed by atoms with E-state index in [-0.39, 0.29) is 12.5 Å². The zero-order chi connectivity index (χ0) is 15.8. The highest BCUT2D eigenvalue weighted by Crippen LogP contribution is 2.15. The summed E-state index contributed by atoms with van der Waals surface area (Å²) in [6.45, 7) is 11.8. The van der Waals surface area contributed by atoms with E-state index in [2.05, 4.69) is 26.9 Å². The molecule has 22 heavy (non-hydrogen) atoms. The summed E-state index contributed by atoms with van der Waals surface area (Å²) in [6, 6.07) is 0. The van der Waals surface area contributed by atoms with Crippen LogP contribution in [0.25, 0.3) is 0 Å². The highest BCUT2D eigenvalue weighted by atomic mass is 16.3. The summed E-state index contributed by atoms with van der Waals surface area (Å²) in [5.41, 5.74) is 0. The number of aliphatic hydroxyl groups is 1. The number of piperazine rings is 1. The predicted molar refractivity (Wildman–Crippen MR) is 87.8 cm³/mol. The molecule has 2 fully saturated rings.